The summed E-state index contributed by atoms with van der Waals surface area (Å²) >= 11 is 2.00. The number of carbonyl (C=O) groups is 2. The average molecular weight is 334 g/mol. The van der Waals surface area contributed by atoms with Crippen molar-refractivity contribution in [2.24, 2.45) is 0 Å². The molecule has 2 N–H and O–H groups in total. The normalized spacial score (nSPS) is 12.2. The highest BCUT2D eigenvalue weighted by Gasteiger charge is 2.22. The van der Waals surface area contributed by atoms with Crippen LogP contribution in [0.3, 0.4) is 0 Å². The lowest BCUT2D eigenvalue weighted by atomic mass is 9.98. The summed E-state index contributed by atoms with van der Waals surface area (Å²) in [5.41, 5.74) is 0.434. The predicted molar refractivity (Wildman–Crippen MR) is 66.4 cm³/mol. The molecule has 0 bridgehead atoms. The van der Waals surface area contributed by atoms with Crippen molar-refractivity contribution in [1.82, 2.24) is 0 Å². The van der Waals surface area contributed by atoms with Crippen LogP contribution >= 0.6 is 22.6 Å². The highest BCUT2D eigenvalue weighted by Crippen LogP contribution is 2.22. The van der Waals surface area contributed by atoms with Gasteiger partial charge in [0.25, 0.3) is 0 Å². The SMILES string of the molecule is CCC(=O)c1ccc(I)cc1C(O)C(=O)O. The minimum Gasteiger partial charge on any atom is -0.479 e. The number of carboxylic acids is 1. The molecule has 0 fully saturated rings. The standard InChI is InChI=1S/C11H11IO4/c1-2-9(13)7-4-3-6(12)5-8(7)10(14)11(15)16/h3-5,10,14H,2H2,1H3,(H,15,16). The Morgan fingerprint density at radius 3 is 2.56 bits per heavy atom. The Bertz CT molecular complexity index is 428. The molecule has 1 rings (SSSR count). The van der Waals surface area contributed by atoms with Gasteiger partial charge in [0.2, 0.25) is 0 Å². The van der Waals surface area contributed by atoms with Crippen LogP contribution in [0.2, 0.25) is 0 Å². The van der Waals surface area contributed by atoms with Gasteiger partial charge in [-0.25, -0.2) is 4.79 Å². The predicted octanol–water partition coefficient (Wildman–Crippen LogP) is 2.00. The second kappa shape index (κ2) is 5.40. The van der Waals surface area contributed by atoms with Crippen LogP contribution < -0.4 is 0 Å². The lowest BCUT2D eigenvalue weighted by Gasteiger charge is -2.11. The number of benzene rings is 1. The van der Waals surface area contributed by atoms with E-state index in [2.05, 4.69) is 0 Å². The zero-order valence-corrected chi connectivity index (χ0v) is 10.8. The van der Waals surface area contributed by atoms with Gasteiger partial charge in [-0.1, -0.05) is 6.92 Å². The van der Waals surface area contributed by atoms with Gasteiger partial charge in [-0.2, -0.15) is 0 Å². The van der Waals surface area contributed by atoms with Crippen molar-refractivity contribution >= 4 is 34.3 Å². The van der Waals surface area contributed by atoms with Crippen molar-refractivity contribution in [3.63, 3.8) is 0 Å². The summed E-state index contributed by atoms with van der Waals surface area (Å²) < 4.78 is 0.778. The summed E-state index contributed by atoms with van der Waals surface area (Å²) in [6.45, 7) is 1.69. The Hall–Kier alpha value is -0.950. The number of ketones is 1. The highest BCUT2D eigenvalue weighted by molar-refractivity contribution is 14.1. The first-order valence-corrected chi connectivity index (χ1v) is 5.78. The number of aliphatic hydroxyl groups is 1. The molecular weight excluding hydrogens is 323 g/mol. The first-order chi connectivity index (χ1) is 7.47. The van der Waals surface area contributed by atoms with Gasteiger partial charge in [0.15, 0.2) is 11.9 Å². The van der Waals surface area contributed by atoms with Gasteiger partial charge in [-0.3, -0.25) is 4.79 Å². The maximum Gasteiger partial charge on any atom is 0.337 e. The van der Waals surface area contributed by atoms with E-state index in [0.717, 1.165) is 3.57 Å². The topological polar surface area (TPSA) is 74.6 Å². The molecule has 1 atom stereocenters. The number of aliphatic hydroxyl groups excluding tert-OH is 1. The lowest BCUT2D eigenvalue weighted by molar-refractivity contribution is -0.146. The van der Waals surface area contributed by atoms with Crippen molar-refractivity contribution in [2.45, 2.75) is 19.4 Å². The maximum atomic E-state index is 11.6. The summed E-state index contributed by atoms with van der Waals surface area (Å²) in [6.07, 6.45) is -1.37. The fraction of sp³-hybridized carbons (Fsp3) is 0.273. The zero-order valence-electron chi connectivity index (χ0n) is 8.61. The molecule has 5 heteroatoms. The Kier molecular flexibility index (Phi) is 4.43. The zero-order chi connectivity index (χ0) is 12.3. The van der Waals surface area contributed by atoms with E-state index in [1.165, 1.54) is 6.07 Å². The van der Waals surface area contributed by atoms with Crippen LogP contribution in [-0.4, -0.2) is 22.0 Å². The van der Waals surface area contributed by atoms with Crippen molar-refractivity contribution < 1.29 is 19.8 Å². The molecule has 0 aromatic heterocycles. The van der Waals surface area contributed by atoms with E-state index in [1.54, 1.807) is 19.1 Å². The summed E-state index contributed by atoms with van der Waals surface area (Å²) in [5.74, 6) is -1.53. The number of hydrogen-bond donors (Lipinski definition) is 2. The van der Waals surface area contributed by atoms with Gasteiger partial charge >= 0.3 is 5.97 Å². The fourth-order valence-corrected chi connectivity index (χ4v) is 1.85. The number of aliphatic carboxylic acids is 1. The van der Waals surface area contributed by atoms with Crippen LogP contribution in [0.15, 0.2) is 18.2 Å². The van der Waals surface area contributed by atoms with E-state index in [0.29, 0.717) is 0 Å². The largest absolute Gasteiger partial charge is 0.479 e. The maximum absolute atomic E-state index is 11.6. The lowest BCUT2D eigenvalue weighted by Crippen LogP contribution is -2.15. The first kappa shape index (κ1) is 13.1. The Balaban J connectivity index is 3.28. The molecule has 1 unspecified atom stereocenters. The molecule has 16 heavy (non-hydrogen) atoms. The van der Waals surface area contributed by atoms with Crippen molar-refractivity contribution in [1.29, 1.82) is 0 Å². The Labute approximate surface area is 106 Å². The number of rotatable bonds is 4. The van der Waals surface area contributed by atoms with Crippen molar-refractivity contribution in [3.8, 4) is 0 Å². The number of carboxylic acid groups (broad SMARTS) is 1. The molecule has 0 saturated heterocycles. The molecule has 0 amide bonds. The van der Waals surface area contributed by atoms with Crippen LogP contribution in [0, 0.1) is 3.57 Å². The third-order valence-corrected chi connectivity index (χ3v) is 2.83. The van der Waals surface area contributed by atoms with Crippen LogP contribution in [0.25, 0.3) is 0 Å². The average Bonchev–Trinajstić information content (AvgIpc) is 2.26. The molecule has 0 radical (unpaired) electrons. The Morgan fingerprint density at radius 2 is 2.06 bits per heavy atom. The smallest absolute Gasteiger partial charge is 0.337 e. The van der Waals surface area contributed by atoms with Gasteiger partial charge in [-0.15, -0.1) is 0 Å². The van der Waals surface area contributed by atoms with Crippen LogP contribution in [-0.2, 0) is 4.79 Å². The van der Waals surface area contributed by atoms with E-state index in [-0.39, 0.29) is 23.3 Å². The van der Waals surface area contributed by atoms with Crippen molar-refractivity contribution in [2.75, 3.05) is 0 Å². The highest BCUT2D eigenvalue weighted by atomic mass is 127. The number of halogens is 1. The van der Waals surface area contributed by atoms with Gasteiger partial charge in [-0.05, 0) is 40.8 Å². The Morgan fingerprint density at radius 1 is 1.44 bits per heavy atom. The minimum atomic E-state index is -1.65. The molecule has 0 spiro atoms. The molecular formula is C11H11IO4. The van der Waals surface area contributed by atoms with Gasteiger partial charge in [0.1, 0.15) is 0 Å². The minimum absolute atomic E-state index is 0.159. The number of hydrogen-bond acceptors (Lipinski definition) is 3. The van der Waals surface area contributed by atoms with Gasteiger partial charge in [0, 0.05) is 21.1 Å². The number of Topliss-reactive ketones (excluding diaryl/α,β-unsaturated/α-hetero) is 1. The van der Waals surface area contributed by atoms with Crippen molar-refractivity contribution in [3.05, 3.63) is 32.9 Å². The summed E-state index contributed by atoms with van der Waals surface area (Å²) in [5, 5.41) is 18.2. The van der Waals surface area contributed by atoms with E-state index in [4.69, 9.17) is 5.11 Å². The van der Waals surface area contributed by atoms with Crippen LogP contribution in [0.4, 0.5) is 0 Å². The van der Waals surface area contributed by atoms with E-state index in [9.17, 15) is 14.7 Å². The fourth-order valence-electron chi connectivity index (χ4n) is 1.34. The molecule has 0 saturated carbocycles. The monoisotopic (exact) mass is 334 g/mol. The van der Waals surface area contributed by atoms with E-state index in [1.807, 2.05) is 22.6 Å². The molecule has 0 aliphatic rings. The summed E-state index contributed by atoms with van der Waals surface area (Å²) in [6, 6.07) is 4.78. The van der Waals surface area contributed by atoms with Gasteiger partial charge in [0.05, 0.1) is 0 Å². The first-order valence-electron chi connectivity index (χ1n) is 4.71. The second-order valence-electron chi connectivity index (χ2n) is 3.25. The molecule has 0 aliphatic heterocycles. The third-order valence-electron chi connectivity index (χ3n) is 2.16. The van der Waals surface area contributed by atoms with Crippen LogP contribution in [0.1, 0.15) is 35.4 Å². The third kappa shape index (κ3) is 2.79. The van der Waals surface area contributed by atoms with E-state index >= 15 is 0 Å². The second-order valence-corrected chi connectivity index (χ2v) is 4.49. The van der Waals surface area contributed by atoms with Gasteiger partial charge < -0.3 is 10.2 Å². The molecule has 1 aromatic carbocycles. The molecule has 0 aliphatic carbocycles. The summed E-state index contributed by atoms with van der Waals surface area (Å²) in [7, 11) is 0. The quantitative estimate of drug-likeness (QED) is 0.652. The summed E-state index contributed by atoms with van der Waals surface area (Å²) in [4.78, 5) is 22.3. The molecule has 86 valence electrons. The molecule has 0 heterocycles. The van der Waals surface area contributed by atoms with E-state index < -0.39 is 12.1 Å². The number of carbonyl (C=O) groups excluding carboxylic acids is 1. The molecule has 4 nitrogen and oxygen atoms in total. The van der Waals surface area contributed by atoms with Crippen LogP contribution in [0.5, 0.6) is 0 Å². The molecule has 1 aromatic rings.